The molecule has 2 rings (SSSR count). The van der Waals surface area contributed by atoms with Crippen LogP contribution in [0.5, 0.6) is 0 Å². The van der Waals surface area contributed by atoms with Crippen molar-refractivity contribution in [3.63, 3.8) is 0 Å². The number of alkyl halides is 1. The van der Waals surface area contributed by atoms with Crippen molar-refractivity contribution in [2.45, 2.75) is 43.9 Å². The lowest BCUT2D eigenvalue weighted by molar-refractivity contribution is 0.607. The molecule has 0 bridgehead atoms. The molecule has 0 nitrogen and oxygen atoms in total. The maximum Gasteiger partial charge on any atom is 0.0481 e. The minimum Gasteiger partial charge on any atom is -0.119 e. The largest absolute Gasteiger partial charge is 0.119 e. The number of rotatable bonds is 0. The second-order valence-corrected chi connectivity index (χ2v) is 4.82. The topological polar surface area (TPSA) is 0 Å². The van der Waals surface area contributed by atoms with E-state index in [2.05, 4.69) is 6.92 Å². The third kappa shape index (κ3) is 0.887. The highest BCUT2D eigenvalue weighted by atomic mass is 35.5. The average molecular weight is 159 g/mol. The fourth-order valence-electron chi connectivity index (χ4n) is 2.53. The summed E-state index contributed by atoms with van der Waals surface area (Å²) in [6.45, 7) is 2.22. The second kappa shape index (κ2) is 2.14. The van der Waals surface area contributed by atoms with E-state index in [0.29, 0.717) is 0 Å². The number of hydrogen-bond acceptors (Lipinski definition) is 0. The van der Waals surface area contributed by atoms with Crippen molar-refractivity contribution >= 4 is 11.6 Å². The molecule has 0 amide bonds. The van der Waals surface area contributed by atoms with Gasteiger partial charge in [0, 0.05) is 4.87 Å². The van der Waals surface area contributed by atoms with E-state index in [0.717, 1.165) is 11.8 Å². The first kappa shape index (κ1) is 6.97. The van der Waals surface area contributed by atoms with Gasteiger partial charge in [-0.15, -0.1) is 11.6 Å². The zero-order chi connectivity index (χ0) is 7.19. The van der Waals surface area contributed by atoms with Gasteiger partial charge in [0.15, 0.2) is 0 Å². The summed E-state index contributed by atoms with van der Waals surface area (Å²) in [5.74, 6) is 1.74. The smallest absolute Gasteiger partial charge is 0.0481 e. The van der Waals surface area contributed by atoms with Crippen LogP contribution in [0.15, 0.2) is 0 Å². The van der Waals surface area contributed by atoms with Crippen LogP contribution in [0.25, 0.3) is 0 Å². The highest BCUT2D eigenvalue weighted by molar-refractivity contribution is 6.26. The summed E-state index contributed by atoms with van der Waals surface area (Å²) in [4.78, 5) is 0.209. The molecular weight excluding hydrogens is 144 g/mol. The molecule has 0 N–H and O–H groups in total. The van der Waals surface area contributed by atoms with Crippen molar-refractivity contribution in [3.8, 4) is 0 Å². The first-order chi connectivity index (χ1) is 4.73. The second-order valence-electron chi connectivity index (χ2n) is 4.00. The number of halogens is 1. The van der Waals surface area contributed by atoms with Crippen LogP contribution in [-0.2, 0) is 0 Å². The summed E-state index contributed by atoms with van der Waals surface area (Å²) in [6, 6.07) is 0. The lowest BCUT2D eigenvalue weighted by Crippen LogP contribution is -1.97. The normalized spacial score (nSPS) is 53.4. The van der Waals surface area contributed by atoms with Crippen LogP contribution in [0.4, 0.5) is 0 Å². The molecular formula is C9H15Cl. The molecule has 0 radical (unpaired) electrons. The van der Waals surface area contributed by atoms with Crippen molar-refractivity contribution in [3.05, 3.63) is 0 Å². The molecule has 0 aromatic rings. The Morgan fingerprint density at radius 2 is 1.60 bits per heavy atom. The van der Waals surface area contributed by atoms with E-state index in [4.69, 9.17) is 11.6 Å². The lowest BCUT2D eigenvalue weighted by Gasteiger charge is -2.02. The molecule has 2 saturated carbocycles. The standard InChI is InChI=1S/C9H15Cl/c1-9(10)7-5-3-2-4-6-8(7)9/h7-8H,2-6H2,1H3/t7-,8+,9?. The summed E-state index contributed by atoms with van der Waals surface area (Å²) in [5, 5.41) is 0. The maximum absolute atomic E-state index is 6.29. The molecule has 0 saturated heterocycles. The minimum atomic E-state index is 0.209. The van der Waals surface area contributed by atoms with Crippen molar-refractivity contribution in [1.29, 1.82) is 0 Å². The van der Waals surface area contributed by atoms with Gasteiger partial charge in [0.25, 0.3) is 0 Å². The van der Waals surface area contributed by atoms with Crippen molar-refractivity contribution < 1.29 is 0 Å². The lowest BCUT2D eigenvalue weighted by atomic mass is 10.1. The summed E-state index contributed by atoms with van der Waals surface area (Å²) in [5.41, 5.74) is 0. The molecule has 3 atom stereocenters. The van der Waals surface area contributed by atoms with E-state index in [1.54, 1.807) is 0 Å². The van der Waals surface area contributed by atoms with Gasteiger partial charge >= 0.3 is 0 Å². The Kier molecular flexibility index (Phi) is 1.49. The van der Waals surface area contributed by atoms with Crippen LogP contribution in [-0.4, -0.2) is 4.87 Å². The predicted octanol–water partition coefficient (Wildman–Crippen LogP) is 3.19. The van der Waals surface area contributed by atoms with Gasteiger partial charge in [0.2, 0.25) is 0 Å². The molecule has 58 valence electrons. The summed E-state index contributed by atoms with van der Waals surface area (Å²) < 4.78 is 0. The van der Waals surface area contributed by atoms with Crippen molar-refractivity contribution in [2.75, 3.05) is 0 Å². The highest BCUT2D eigenvalue weighted by Crippen LogP contribution is 2.61. The Hall–Kier alpha value is 0.290. The molecule has 0 aliphatic heterocycles. The van der Waals surface area contributed by atoms with E-state index >= 15 is 0 Å². The van der Waals surface area contributed by atoms with Gasteiger partial charge in [-0.25, -0.2) is 0 Å². The molecule has 0 aromatic carbocycles. The Morgan fingerprint density at radius 1 is 1.10 bits per heavy atom. The van der Waals surface area contributed by atoms with E-state index < -0.39 is 0 Å². The Bertz CT molecular complexity index is 126. The Balaban J connectivity index is 2.01. The fourth-order valence-corrected chi connectivity index (χ4v) is 2.99. The van der Waals surface area contributed by atoms with E-state index in [1.807, 2.05) is 0 Å². The molecule has 2 aliphatic rings. The van der Waals surface area contributed by atoms with Crippen LogP contribution in [0.3, 0.4) is 0 Å². The van der Waals surface area contributed by atoms with Gasteiger partial charge in [-0.05, 0) is 31.6 Å². The third-order valence-electron chi connectivity index (χ3n) is 3.36. The van der Waals surface area contributed by atoms with Crippen LogP contribution in [0.1, 0.15) is 39.0 Å². The zero-order valence-electron chi connectivity index (χ0n) is 6.57. The molecule has 0 spiro atoms. The van der Waals surface area contributed by atoms with Gasteiger partial charge < -0.3 is 0 Å². The molecule has 0 heterocycles. The Labute approximate surface area is 68.0 Å². The van der Waals surface area contributed by atoms with Gasteiger partial charge in [0.05, 0.1) is 0 Å². The van der Waals surface area contributed by atoms with Crippen LogP contribution < -0.4 is 0 Å². The van der Waals surface area contributed by atoms with Crippen LogP contribution in [0, 0.1) is 11.8 Å². The van der Waals surface area contributed by atoms with E-state index in [-0.39, 0.29) is 4.87 Å². The van der Waals surface area contributed by atoms with Crippen molar-refractivity contribution in [2.24, 2.45) is 11.8 Å². The van der Waals surface area contributed by atoms with Crippen molar-refractivity contribution in [1.82, 2.24) is 0 Å². The highest BCUT2D eigenvalue weighted by Gasteiger charge is 2.59. The van der Waals surface area contributed by atoms with Gasteiger partial charge in [0.1, 0.15) is 0 Å². The minimum absolute atomic E-state index is 0.209. The van der Waals surface area contributed by atoms with Gasteiger partial charge in [-0.1, -0.05) is 19.3 Å². The fraction of sp³-hybridized carbons (Fsp3) is 1.00. The monoisotopic (exact) mass is 158 g/mol. The van der Waals surface area contributed by atoms with E-state index in [1.165, 1.54) is 32.1 Å². The molecule has 2 aliphatic carbocycles. The number of fused-ring (bicyclic) bond motifs is 1. The predicted molar refractivity (Wildman–Crippen MR) is 44.3 cm³/mol. The summed E-state index contributed by atoms with van der Waals surface area (Å²) in [6.07, 6.45) is 7.07. The Morgan fingerprint density at radius 3 is 2.10 bits per heavy atom. The van der Waals surface area contributed by atoms with Gasteiger partial charge in [-0.2, -0.15) is 0 Å². The van der Waals surface area contributed by atoms with E-state index in [9.17, 15) is 0 Å². The summed E-state index contributed by atoms with van der Waals surface area (Å²) >= 11 is 6.29. The van der Waals surface area contributed by atoms with Crippen LogP contribution in [0.2, 0.25) is 0 Å². The quantitative estimate of drug-likeness (QED) is 0.475. The maximum atomic E-state index is 6.29. The average Bonchev–Trinajstić information content (AvgIpc) is 2.47. The van der Waals surface area contributed by atoms with Gasteiger partial charge in [-0.3, -0.25) is 0 Å². The first-order valence-corrected chi connectivity index (χ1v) is 4.79. The SMILES string of the molecule is CC1(Cl)[C@@H]2CCCCC[C@@H]21. The molecule has 10 heavy (non-hydrogen) atoms. The van der Waals surface area contributed by atoms with Crippen LogP contribution >= 0.6 is 11.6 Å². The summed E-state index contributed by atoms with van der Waals surface area (Å²) in [7, 11) is 0. The molecule has 1 unspecified atom stereocenters. The first-order valence-electron chi connectivity index (χ1n) is 4.42. The molecule has 0 aromatic heterocycles. The third-order valence-corrected chi connectivity index (χ3v) is 3.92. The number of hydrogen-bond donors (Lipinski definition) is 0. The molecule has 2 fully saturated rings. The molecule has 1 heteroatoms. The zero-order valence-corrected chi connectivity index (χ0v) is 7.32.